The summed E-state index contributed by atoms with van der Waals surface area (Å²) >= 11 is 5.96. The number of hydrogen-bond donors (Lipinski definition) is 1. The van der Waals surface area contributed by atoms with Crippen LogP contribution in [0.1, 0.15) is 21.6 Å². The summed E-state index contributed by atoms with van der Waals surface area (Å²) in [6.45, 7) is 0.635. The highest BCUT2D eigenvalue weighted by molar-refractivity contribution is 6.31. The number of halogens is 2. The molecule has 0 spiro atoms. The number of fused-ring (bicyclic) bond motifs is 1. The number of amides is 1. The summed E-state index contributed by atoms with van der Waals surface area (Å²) in [5.74, 6) is -0.514. The van der Waals surface area contributed by atoms with E-state index in [0.29, 0.717) is 22.7 Å². The topological polar surface area (TPSA) is 46.9 Å². The molecule has 0 saturated heterocycles. The van der Waals surface area contributed by atoms with Crippen molar-refractivity contribution in [2.24, 2.45) is 0 Å². The highest BCUT2D eigenvalue weighted by Gasteiger charge is 2.24. The predicted molar refractivity (Wildman–Crippen MR) is 63.9 cm³/mol. The maximum Gasteiger partial charge on any atom is 0.255 e. The van der Waals surface area contributed by atoms with Crippen molar-refractivity contribution in [2.45, 2.75) is 13.1 Å². The van der Waals surface area contributed by atoms with Gasteiger partial charge < -0.3 is 5.32 Å². The predicted octanol–water partition coefficient (Wildman–Crippen LogP) is 1.97. The molecule has 1 aliphatic rings. The SMILES string of the molecule is O=C1NCc2c1cnn2Cc1c(F)cccc1Cl. The highest BCUT2D eigenvalue weighted by atomic mass is 35.5. The van der Waals surface area contributed by atoms with Crippen LogP contribution in [0, 0.1) is 5.82 Å². The molecule has 0 fully saturated rings. The summed E-state index contributed by atoms with van der Waals surface area (Å²) in [6.07, 6.45) is 1.49. The van der Waals surface area contributed by atoms with Gasteiger partial charge in [0, 0.05) is 10.6 Å². The molecule has 0 bridgehead atoms. The molecule has 2 aromatic rings. The average molecular weight is 266 g/mol. The number of hydrogen-bond acceptors (Lipinski definition) is 2. The quantitative estimate of drug-likeness (QED) is 0.902. The molecule has 0 atom stereocenters. The van der Waals surface area contributed by atoms with E-state index in [-0.39, 0.29) is 18.3 Å². The Bertz CT molecular complexity index is 618. The van der Waals surface area contributed by atoms with Crippen molar-refractivity contribution in [3.05, 3.63) is 52.1 Å². The molecule has 1 aromatic heterocycles. The van der Waals surface area contributed by atoms with Crippen LogP contribution in [0.15, 0.2) is 24.4 Å². The van der Waals surface area contributed by atoms with Gasteiger partial charge in [0.15, 0.2) is 0 Å². The smallest absolute Gasteiger partial charge is 0.255 e. The molecule has 1 N–H and O–H groups in total. The Hall–Kier alpha value is -1.88. The van der Waals surface area contributed by atoms with Gasteiger partial charge in [0.25, 0.3) is 5.91 Å². The Morgan fingerprint density at radius 3 is 3.11 bits per heavy atom. The van der Waals surface area contributed by atoms with Gasteiger partial charge in [0.1, 0.15) is 5.82 Å². The molecule has 6 heteroatoms. The second-order valence-corrected chi connectivity index (χ2v) is 4.45. The van der Waals surface area contributed by atoms with Gasteiger partial charge in [-0.3, -0.25) is 9.48 Å². The van der Waals surface area contributed by atoms with Crippen LogP contribution in [0.4, 0.5) is 4.39 Å². The van der Waals surface area contributed by atoms with Gasteiger partial charge in [0.2, 0.25) is 0 Å². The number of aromatic nitrogens is 2. The molecule has 92 valence electrons. The molecule has 1 aliphatic heterocycles. The molecule has 0 saturated carbocycles. The van der Waals surface area contributed by atoms with Crippen LogP contribution in [0.5, 0.6) is 0 Å². The standard InChI is InChI=1S/C12H9ClFN3O/c13-9-2-1-3-10(14)8(9)6-17-11-5-15-12(18)7(11)4-16-17/h1-4H,5-6H2,(H,15,18). The molecule has 4 nitrogen and oxygen atoms in total. The monoisotopic (exact) mass is 265 g/mol. The van der Waals surface area contributed by atoms with E-state index >= 15 is 0 Å². The molecule has 18 heavy (non-hydrogen) atoms. The molecule has 3 rings (SSSR count). The maximum atomic E-state index is 13.7. The van der Waals surface area contributed by atoms with E-state index < -0.39 is 0 Å². The van der Waals surface area contributed by atoms with E-state index in [1.54, 1.807) is 16.8 Å². The Labute approximate surface area is 107 Å². The van der Waals surface area contributed by atoms with Gasteiger partial charge in [-0.05, 0) is 12.1 Å². The summed E-state index contributed by atoms with van der Waals surface area (Å²) in [6, 6.07) is 4.54. The molecule has 0 unspecified atom stereocenters. The number of nitrogens with one attached hydrogen (secondary N) is 1. The molecular weight excluding hydrogens is 257 g/mol. The summed E-state index contributed by atoms with van der Waals surface area (Å²) < 4.78 is 15.3. The molecular formula is C12H9ClFN3O. The van der Waals surface area contributed by atoms with Crippen molar-refractivity contribution in [2.75, 3.05) is 0 Å². The molecule has 0 aliphatic carbocycles. The van der Waals surface area contributed by atoms with Crippen LogP contribution in [0.3, 0.4) is 0 Å². The number of rotatable bonds is 2. The minimum Gasteiger partial charge on any atom is -0.346 e. The van der Waals surface area contributed by atoms with E-state index in [4.69, 9.17) is 11.6 Å². The Morgan fingerprint density at radius 1 is 1.50 bits per heavy atom. The second kappa shape index (κ2) is 4.10. The fraction of sp³-hybridized carbons (Fsp3) is 0.167. The lowest BCUT2D eigenvalue weighted by molar-refractivity contribution is 0.0965. The lowest BCUT2D eigenvalue weighted by Crippen LogP contribution is -2.15. The summed E-state index contributed by atoms with van der Waals surface area (Å²) in [5.41, 5.74) is 1.69. The first-order valence-electron chi connectivity index (χ1n) is 5.42. The molecule has 1 amide bonds. The Balaban J connectivity index is 1.99. The molecule has 0 radical (unpaired) electrons. The first-order valence-corrected chi connectivity index (χ1v) is 5.80. The van der Waals surface area contributed by atoms with Crippen molar-refractivity contribution < 1.29 is 9.18 Å². The van der Waals surface area contributed by atoms with Gasteiger partial charge in [-0.1, -0.05) is 17.7 Å². The van der Waals surface area contributed by atoms with Crippen LogP contribution in [-0.2, 0) is 13.1 Å². The lowest BCUT2D eigenvalue weighted by atomic mass is 10.2. The van der Waals surface area contributed by atoms with Crippen molar-refractivity contribution in [1.82, 2.24) is 15.1 Å². The first kappa shape index (κ1) is 11.2. The Kier molecular flexibility index (Phi) is 2.56. The maximum absolute atomic E-state index is 13.7. The number of carbonyl (C=O) groups is 1. The average Bonchev–Trinajstić information content (AvgIpc) is 2.89. The second-order valence-electron chi connectivity index (χ2n) is 4.05. The van der Waals surface area contributed by atoms with E-state index in [9.17, 15) is 9.18 Å². The van der Waals surface area contributed by atoms with Crippen LogP contribution >= 0.6 is 11.6 Å². The zero-order chi connectivity index (χ0) is 12.7. The van der Waals surface area contributed by atoms with Crippen LogP contribution < -0.4 is 5.32 Å². The zero-order valence-electron chi connectivity index (χ0n) is 9.28. The van der Waals surface area contributed by atoms with Gasteiger partial charge in [-0.15, -0.1) is 0 Å². The van der Waals surface area contributed by atoms with E-state index in [1.807, 2.05) is 0 Å². The van der Waals surface area contributed by atoms with Crippen molar-refractivity contribution >= 4 is 17.5 Å². The first-order chi connectivity index (χ1) is 8.66. The molecule has 2 heterocycles. The number of nitrogens with zero attached hydrogens (tertiary/aromatic N) is 2. The Morgan fingerprint density at radius 2 is 2.33 bits per heavy atom. The highest BCUT2D eigenvalue weighted by Crippen LogP contribution is 2.22. The van der Waals surface area contributed by atoms with Crippen LogP contribution in [0.2, 0.25) is 5.02 Å². The number of carbonyl (C=O) groups excluding carboxylic acids is 1. The third-order valence-electron chi connectivity index (χ3n) is 2.98. The fourth-order valence-corrected chi connectivity index (χ4v) is 2.24. The van der Waals surface area contributed by atoms with Crippen molar-refractivity contribution in [1.29, 1.82) is 0 Å². The van der Waals surface area contributed by atoms with E-state index in [0.717, 1.165) is 5.69 Å². The lowest BCUT2D eigenvalue weighted by Gasteiger charge is -2.08. The minimum atomic E-state index is -0.371. The van der Waals surface area contributed by atoms with E-state index in [1.165, 1.54) is 12.3 Å². The third-order valence-corrected chi connectivity index (χ3v) is 3.33. The normalized spacial score (nSPS) is 13.6. The van der Waals surface area contributed by atoms with Gasteiger partial charge >= 0.3 is 0 Å². The summed E-state index contributed by atoms with van der Waals surface area (Å²) in [7, 11) is 0. The van der Waals surface area contributed by atoms with E-state index in [2.05, 4.69) is 10.4 Å². The minimum absolute atomic E-state index is 0.143. The van der Waals surface area contributed by atoms with Crippen LogP contribution in [0.25, 0.3) is 0 Å². The third kappa shape index (κ3) is 1.67. The largest absolute Gasteiger partial charge is 0.346 e. The van der Waals surface area contributed by atoms with Crippen molar-refractivity contribution in [3.63, 3.8) is 0 Å². The van der Waals surface area contributed by atoms with Gasteiger partial charge in [-0.25, -0.2) is 4.39 Å². The number of benzene rings is 1. The summed E-state index contributed by atoms with van der Waals surface area (Å²) in [5, 5.41) is 7.15. The fourth-order valence-electron chi connectivity index (χ4n) is 2.02. The molecule has 1 aromatic carbocycles. The zero-order valence-corrected chi connectivity index (χ0v) is 10.0. The van der Waals surface area contributed by atoms with Gasteiger partial charge in [0.05, 0.1) is 30.5 Å². The van der Waals surface area contributed by atoms with Crippen molar-refractivity contribution in [3.8, 4) is 0 Å². The van der Waals surface area contributed by atoms with Crippen LogP contribution in [-0.4, -0.2) is 15.7 Å². The van der Waals surface area contributed by atoms with Gasteiger partial charge in [-0.2, -0.15) is 5.10 Å². The summed E-state index contributed by atoms with van der Waals surface area (Å²) in [4.78, 5) is 11.4.